The molecule has 2 aromatic rings. The maximum atomic E-state index is 9.73. The second-order valence-electron chi connectivity index (χ2n) is 6.72. The summed E-state index contributed by atoms with van der Waals surface area (Å²) < 4.78 is 1.90. The lowest BCUT2D eigenvalue weighted by Crippen LogP contribution is -2.37. The average molecular weight is 340 g/mol. The number of aliphatic hydroxyl groups is 1. The van der Waals surface area contributed by atoms with Crippen molar-refractivity contribution in [3.05, 3.63) is 47.3 Å². The van der Waals surface area contributed by atoms with Crippen LogP contribution in [0, 0.1) is 23.7 Å². The fourth-order valence-electron chi connectivity index (χ4n) is 3.04. The molecule has 1 unspecified atom stereocenters. The highest BCUT2D eigenvalue weighted by Gasteiger charge is 2.26. The maximum Gasteiger partial charge on any atom is 0.0991 e. The molecule has 0 aliphatic heterocycles. The van der Waals surface area contributed by atoms with Crippen molar-refractivity contribution in [3.8, 4) is 11.8 Å². The summed E-state index contributed by atoms with van der Waals surface area (Å²) in [5.74, 6) is 0. The zero-order chi connectivity index (χ0) is 18.4. The monoisotopic (exact) mass is 340 g/mol. The van der Waals surface area contributed by atoms with Gasteiger partial charge >= 0.3 is 0 Å². The Hall–Kier alpha value is -2.16. The number of nitriles is 1. The Labute approximate surface area is 150 Å². The van der Waals surface area contributed by atoms with E-state index >= 15 is 0 Å². The Kier molecular flexibility index (Phi) is 6.35. The highest BCUT2D eigenvalue weighted by Crippen LogP contribution is 2.27. The number of rotatable bonds is 8. The van der Waals surface area contributed by atoms with Gasteiger partial charge in [0.1, 0.15) is 0 Å². The van der Waals surface area contributed by atoms with E-state index in [-0.39, 0.29) is 18.1 Å². The third kappa shape index (κ3) is 4.09. The molecule has 0 fully saturated rings. The highest BCUT2D eigenvalue weighted by atomic mass is 16.3. The molecular weight excluding hydrogens is 312 g/mol. The van der Waals surface area contributed by atoms with E-state index in [2.05, 4.69) is 44.2 Å². The van der Waals surface area contributed by atoms with Crippen molar-refractivity contribution in [2.75, 3.05) is 13.2 Å². The SMILES string of the molecule is CCC(CC)(CO)CNC(C)c1cnn(-c2ccc(C#N)cc2)c1C. The number of nitrogens with one attached hydrogen (secondary N) is 1. The van der Waals surface area contributed by atoms with Crippen molar-refractivity contribution < 1.29 is 5.11 Å². The third-order valence-electron chi connectivity index (χ3n) is 5.37. The molecule has 5 nitrogen and oxygen atoms in total. The molecule has 2 N–H and O–H groups in total. The van der Waals surface area contributed by atoms with Gasteiger partial charge in [0, 0.05) is 35.9 Å². The van der Waals surface area contributed by atoms with Gasteiger partial charge in [0.25, 0.3) is 0 Å². The van der Waals surface area contributed by atoms with Gasteiger partial charge in [-0.25, -0.2) is 4.68 Å². The molecule has 2 rings (SSSR count). The van der Waals surface area contributed by atoms with E-state index in [1.165, 1.54) is 0 Å². The number of hydrogen-bond donors (Lipinski definition) is 2. The topological polar surface area (TPSA) is 73.9 Å². The van der Waals surface area contributed by atoms with Crippen LogP contribution >= 0.6 is 0 Å². The van der Waals surface area contributed by atoms with Gasteiger partial charge < -0.3 is 10.4 Å². The molecule has 0 aliphatic carbocycles. The molecule has 134 valence electrons. The van der Waals surface area contributed by atoms with Crippen LogP contribution in [0.4, 0.5) is 0 Å². The summed E-state index contributed by atoms with van der Waals surface area (Å²) in [7, 11) is 0. The zero-order valence-electron chi connectivity index (χ0n) is 15.6. The first-order valence-corrected chi connectivity index (χ1v) is 8.89. The van der Waals surface area contributed by atoms with Gasteiger partial charge in [0.2, 0.25) is 0 Å². The minimum atomic E-state index is -0.0642. The molecule has 1 atom stereocenters. The fourth-order valence-corrected chi connectivity index (χ4v) is 3.04. The van der Waals surface area contributed by atoms with Crippen molar-refractivity contribution in [1.29, 1.82) is 5.26 Å². The van der Waals surface area contributed by atoms with Crippen LogP contribution in [-0.2, 0) is 0 Å². The molecule has 0 bridgehead atoms. The molecular formula is C20H28N4O. The average Bonchev–Trinajstić information content (AvgIpc) is 3.04. The Balaban J connectivity index is 2.15. The quantitative estimate of drug-likeness (QED) is 0.771. The van der Waals surface area contributed by atoms with E-state index < -0.39 is 0 Å². The summed E-state index contributed by atoms with van der Waals surface area (Å²) >= 11 is 0. The lowest BCUT2D eigenvalue weighted by molar-refractivity contribution is 0.110. The minimum Gasteiger partial charge on any atom is -0.396 e. The van der Waals surface area contributed by atoms with E-state index in [4.69, 9.17) is 5.26 Å². The van der Waals surface area contributed by atoms with E-state index in [9.17, 15) is 5.11 Å². The fraction of sp³-hybridized carbons (Fsp3) is 0.500. The molecule has 0 saturated carbocycles. The van der Waals surface area contributed by atoms with Crippen LogP contribution < -0.4 is 5.32 Å². The van der Waals surface area contributed by atoms with Gasteiger partial charge in [-0.1, -0.05) is 13.8 Å². The van der Waals surface area contributed by atoms with Gasteiger partial charge in [0.05, 0.1) is 23.5 Å². The maximum absolute atomic E-state index is 9.73. The van der Waals surface area contributed by atoms with Crippen LogP contribution in [0.2, 0.25) is 0 Å². The van der Waals surface area contributed by atoms with Crippen LogP contribution in [0.5, 0.6) is 0 Å². The summed E-state index contributed by atoms with van der Waals surface area (Å²) in [5, 5.41) is 26.7. The number of nitrogens with zero attached hydrogens (tertiary/aromatic N) is 3. The van der Waals surface area contributed by atoms with Crippen molar-refractivity contribution in [2.24, 2.45) is 5.41 Å². The summed E-state index contributed by atoms with van der Waals surface area (Å²) in [5.41, 5.74) is 3.74. The Morgan fingerprint density at radius 3 is 2.44 bits per heavy atom. The largest absolute Gasteiger partial charge is 0.396 e. The van der Waals surface area contributed by atoms with Crippen molar-refractivity contribution in [3.63, 3.8) is 0 Å². The van der Waals surface area contributed by atoms with Crippen LogP contribution in [0.25, 0.3) is 5.69 Å². The van der Waals surface area contributed by atoms with Gasteiger partial charge in [-0.05, 0) is 51.0 Å². The molecule has 5 heteroatoms. The highest BCUT2D eigenvalue weighted by molar-refractivity contribution is 5.40. The summed E-state index contributed by atoms with van der Waals surface area (Å²) in [6.45, 7) is 9.40. The second-order valence-corrected chi connectivity index (χ2v) is 6.72. The van der Waals surface area contributed by atoms with E-state index in [1.807, 2.05) is 23.0 Å². The van der Waals surface area contributed by atoms with E-state index in [0.29, 0.717) is 5.56 Å². The number of benzene rings is 1. The molecule has 0 radical (unpaired) electrons. The van der Waals surface area contributed by atoms with Crippen molar-refractivity contribution in [1.82, 2.24) is 15.1 Å². The number of hydrogen-bond acceptors (Lipinski definition) is 4. The lowest BCUT2D eigenvalue weighted by atomic mass is 9.83. The van der Waals surface area contributed by atoms with Gasteiger partial charge in [-0.2, -0.15) is 10.4 Å². The van der Waals surface area contributed by atoms with Crippen LogP contribution in [0.3, 0.4) is 0 Å². The van der Waals surface area contributed by atoms with Crippen LogP contribution in [-0.4, -0.2) is 28.0 Å². The second kappa shape index (κ2) is 8.28. The van der Waals surface area contributed by atoms with Gasteiger partial charge in [0.15, 0.2) is 0 Å². The van der Waals surface area contributed by atoms with Gasteiger partial charge in [-0.15, -0.1) is 0 Å². The molecule has 0 amide bonds. The molecule has 25 heavy (non-hydrogen) atoms. The predicted molar refractivity (Wildman–Crippen MR) is 99.5 cm³/mol. The molecule has 1 heterocycles. The van der Waals surface area contributed by atoms with Crippen molar-refractivity contribution in [2.45, 2.75) is 46.6 Å². The third-order valence-corrected chi connectivity index (χ3v) is 5.37. The van der Waals surface area contributed by atoms with Crippen LogP contribution in [0.1, 0.15) is 56.5 Å². The van der Waals surface area contributed by atoms with Crippen molar-refractivity contribution >= 4 is 0 Å². The predicted octanol–water partition coefficient (Wildman–Crippen LogP) is 3.50. The van der Waals surface area contributed by atoms with E-state index in [1.54, 1.807) is 12.1 Å². The Bertz CT molecular complexity index is 715. The molecule has 0 aliphatic rings. The van der Waals surface area contributed by atoms with Gasteiger partial charge in [-0.3, -0.25) is 0 Å². The Morgan fingerprint density at radius 2 is 1.92 bits per heavy atom. The smallest absolute Gasteiger partial charge is 0.0991 e. The lowest BCUT2D eigenvalue weighted by Gasteiger charge is -2.31. The zero-order valence-corrected chi connectivity index (χ0v) is 15.6. The summed E-state index contributed by atoms with van der Waals surface area (Å²) in [4.78, 5) is 0. The molecule has 1 aromatic carbocycles. The normalized spacial score (nSPS) is 12.8. The molecule has 0 spiro atoms. The molecule has 1 aromatic heterocycles. The summed E-state index contributed by atoms with van der Waals surface area (Å²) in [6.07, 6.45) is 3.79. The van der Waals surface area contributed by atoms with Crippen LogP contribution in [0.15, 0.2) is 30.5 Å². The number of aliphatic hydroxyl groups excluding tert-OH is 1. The van der Waals surface area contributed by atoms with E-state index in [0.717, 1.165) is 36.3 Å². The first kappa shape index (κ1) is 19.2. The minimum absolute atomic E-state index is 0.0642. The Morgan fingerprint density at radius 1 is 1.28 bits per heavy atom. The first-order valence-electron chi connectivity index (χ1n) is 8.89. The summed E-state index contributed by atoms with van der Waals surface area (Å²) in [6, 6.07) is 9.70. The standard InChI is InChI=1S/C20H28N4O/c1-5-20(6-2,14-25)13-22-15(3)19-12-23-24(16(19)4)18-9-7-17(11-21)8-10-18/h7-10,12,15,22,25H,5-6,13-14H2,1-4H3. The molecule has 0 saturated heterocycles. The first-order chi connectivity index (χ1) is 12.0. The number of aromatic nitrogens is 2.